The summed E-state index contributed by atoms with van der Waals surface area (Å²) >= 11 is 0. The van der Waals surface area contributed by atoms with E-state index in [4.69, 9.17) is 0 Å². The third-order valence-electron chi connectivity index (χ3n) is 4.64. The molecule has 2 aromatic heterocycles. The highest BCUT2D eigenvalue weighted by molar-refractivity contribution is 5.83. The molecular formula is C20H19N3O. The number of benzene rings is 2. The summed E-state index contributed by atoms with van der Waals surface area (Å²) in [6, 6.07) is 15.9. The Morgan fingerprint density at radius 1 is 1.00 bits per heavy atom. The topological polar surface area (TPSA) is 39.8 Å². The Balaban J connectivity index is 1.73. The van der Waals surface area contributed by atoms with E-state index in [9.17, 15) is 4.79 Å². The fourth-order valence-electron chi connectivity index (χ4n) is 3.40. The van der Waals surface area contributed by atoms with Crippen LogP contribution in [0.1, 0.15) is 11.4 Å². The number of nitrogens with zero attached hydrogens (tertiary/aromatic N) is 3. The molecular weight excluding hydrogens is 298 g/mol. The molecule has 0 radical (unpaired) electrons. The van der Waals surface area contributed by atoms with Crippen molar-refractivity contribution in [2.45, 2.75) is 19.9 Å². The number of aromatic nitrogens is 3. The van der Waals surface area contributed by atoms with Gasteiger partial charge in [-0.15, -0.1) is 0 Å². The predicted molar refractivity (Wildman–Crippen MR) is 97.4 cm³/mol. The number of hydrogen-bond acceptors (Lipinski definition) is 2. The quantitative estimate of drug-likeness (QED) is 0.581. The molecule has 2 aromatic carbocycles. The van der Waals surface area contributed by atoms with Crippen LogP contribution in [0.5, 0.6) is 0 Å². The molecule has 0 unspecified atom stereocenters. The fraction of sp³-hybridized carbons (Fsp3) is 0.200. The van der Waals surface area contributed by atoms with Crippen molar-refractivity contribution in [2.75, 3.05) is 0 Å². The van der Waals surface area contributed by atoms with Gasteiger partial charge in [0.15, 0.2) is 0 Å². The van der Waals surface area contributed by atoms with Crippen molar-refractivity contribution >= 4 is 21.8 Å². The van der Waals surface area contributed by atoms with Crippen molar-refractivity contribution in [3.63, 3.8) is 0 Å². The first-order valence-corrected chi connectivity index (χ1v) is 8.14. The molecule has 4 aromatic rings. The summed E-state index contributed by atoms with van der Waals surface area (Å²) in [5.41, 5.74) is 3.28. The van der Waals surface area contributed by atoms with Crippen LogP contribution in [0, 0.1) is 6.92 Å². The molecule has 0 amide bonds. The van der Waals surface area contributed by atoms with Crippen LogP contribution in [0.3, 0.4) is 0 Å². The van der Waals surface area contributed by atoms with Gasteiger partial charge in [0, 0.05) is 30.7 Å². The summed E-state index contributed by atoms with van der Waals surface area (Å²) in [4.78, 5) is 17.3. The van der Waals surface area contributed by atoms with E-state index < -0.39 is 0 Å². The van der Waals surface area contributed by atoms with Crippen molar-refractivity contribution in [1.29, 1.82) is 0 Å². The molecule has 24 heavy (non-hydrogen) atoms. The van der Waals surface area contributed by atoms with E-state index in [2.05, 4.69) is 41.0 Å². The molecule has 120 valence electrons. The first-order valence-electron chi connectivity index (χ1n) is 8.14. The molecule has 0 aliphatic rings. The lowest BCUT2D eigenvalue weighted by Crippen LogP contribution is -2.24. The largest absolute Gasteiger partial charge is 0.350 e. The van der Waals surface area contributed by atoms with Crippen molar-refractivity contribution in [3.05, 3.63) is 76.5 Å². The fourth-order valence-corrected chi connectivity index (χ4v) is 3.40. The number of rotatable bonds is 3. The number of para-hydroxylation sites is 2. The molecule has 4 nitrogen and oxygen atoms in total. The Morgan fingerprint density at radius 3 is 2.54 bits per heavy atom. The van der Waals surface area contributed by atoms with Crippen molar-refractivity contribution < 1.29 is 0 Å². The van der Waals surface area contributed by atoms with Crippen LogP contribution in [0.15, 0.2) is 59.5 Å². The van der Waals surface area contributed by atoms with E-state index in [0.717, 1.165) is 17.8 Å². The summed E-state index contributed by atoms with van der Waals surface area (Å²) in [6.45, 7) is 2.54. The summed E-state index contributed by atoms with van der Waals surface area (Å²) in [5, 5.41) is 1.93. The molecule has 0 fully saturated rings. The highest BCUT2D eigenvalue weighted by Crippen LogP contribution is 2.21. The molecule has 4 heteroatoms. The second-order valence-electron chi connectivity index (χ2n) is 6.17. The smallest absolute Gasteiger partial charge is 0.261 e. The lowest BCUT2D eigenvalue weighted by atomic mass is 10.1. The molecule has 0 bridgehead atoms. The first-order chi connectivity index (χ1) is 11.6. The van der Waals surface area contributed by atoms with Crippen LogP contribution in [-0.4, -0.2) is 14.1 Å². The van der Waals surface area contributed by atoms with Crippen molar-refractivity contribution in [2.24, 2.45) is 7.05 Å². The van der Waals surface area contributed by atoms with E-state index in [0.29, 0.717) is 11.9 Å². The Hall–Kier alpha value is -2.88. The normalized spacial score (nSPS) is 11.4. The molecule has 0 N–H and O–H groups in total. The lowest BCUT2D eigenvalue weighted by Gasteiger charge is -2.10. The Kier molecular flexibility index (Phi) is 3.45. The minimum Gasteiger partial charge on any atom is -0.350 e. The minimum atomic E-state index is 0.0401. The third-order valence-corrected chi connectivity index (χ3v) is 4.64. The van der Waals surface area contributed by atoms with Gasteiger partial charge in [-0.1, -0.05) is 30.3 Å². The maximum absolute atomic E-state index is 12.8. The van der Waals surface area contributed by atoms with Crippen LogP contribution in [0.25, 0.3) is 21.8 Å². The van der Waals surface area contributed by atoms with Crippen LogP contribution >= 0.6 is 0 Å². The third kappa shape index (κ3) is 2.31. The molecule has 0 atom stereocenters. The van der Waals surface area contributed by atoms with Gasteiger partial charge in [-0.2, -0.15) is 0 Å². The SMILES string of the molecule is Cc1nc2ccccc2c(=O)n1CCc1cn(C)c2ccccc12. The number of hydrogen-bond donors (Lipinski definition) is 0. The van der Waals surface area contributed by atoms with Gasteiger partial charge in [0.25, 0.3) is 5.56 Å². The zero-order chi connectivity index (χ0) is 16.7. The van der Waals surface area contributed by atoms with Gasteiger partial charge in [-0.25, -0.2) is 4.98 Å². The van der Waals surface area contributed by atoms with Crippen LogP contribution in [0.4, 0.5) is 0 Å². The van der Waals surface area contributed by atoms with Gasteiger partial charge >= 0.3 is 0 Å². The molecule has 0 spiro atoms. The number of aryl methyl sites for hydroxylation is 3. The molecule has 0 aliphatic heterocycles. The van der Waals surface area contributed by atoms with E-state index >= 15 is 0 Å². The Bertz CT molecular complexity index is 1100. The van der Waals surface area contributed by atoms with Crippen LogP contribution < -0.4 is 5.56 Å². The van der Waals surface area contributed by atoms with Gasteiger partial charge in [0.2, 0.25) is 0 Å². The standard InChI is InChI=1S/C20H19N3O/c1-14-21-18-9-5-3-8-17(18)20(24)23(14)12-11-15-13-22(2)19-10-6-4-7-16(15)19/h3-10,13H,11-12H2,1-2H3. The van der Waals surface area contributed by atoms with Gasteiger partial charge in [-0.3, -0.25) is 9.36 Å². The van der Waals surface area contributed by atoms with Gasteiger partial charge in [0.1, 0.15) is 5.82 Å². The van der Waals surface area contributed by atoms with E-state index in [1.807, 2.05) is 37.3 Å². The van der Waals surface area contributed by atoms with E-state index in [-0.39, 0.29) is 5.56 Å². The molecule has 0 aliphatic carbocycles. The van der Waals surface area contributed by atoms with Crippen molar-refractivity contribution in [1.82, 2.24) is 14.1 Å². The Morgan fingerprint density at radius 2 is 1.71 bits per heavy atom. The molecule has 0 saturated carbocycles. The molecule has 4 rings (SSSR count). The van der Waals surface area contributed by atoms with Gasteiger partial charge < -0.3 is 4.57 Å². The zero-order valence-electron chi connectivity index (χ0n) is 13.9. The lowest BCUT2D eigenvalue weighted by molar-refractivity contribution is 0.639. The van der Waals surface area contributed by atoms with Crippen LogP contribution in [-0.2, 0) is 20.0 Å². The average Bonchev–Trinajstić information content (AvgIpc) is 2.91. The maximum atomic E-state index is 12.8. The monoisotopic (exact) mass is 317 g/mol. The average molecular weight is 317 g/mol. The maximum Gasteiger partial charge on any atom is 0.261 e. The van der Waals surface area contributed by atoms with Crippen molar-refractivity contribution in [3.8, 4) is 0 Å². The first kappa shape index (κ1) is 14.7. The summed E-state index contributed by atoms with van der Waals surface area (Å²) < 4.78 is 3.92. The van der Waals surface area contributed by atoms with Gasteiger partial charge in [-0.05, 0) is 37.1 Å². The zero-order valence-corrected chi connectivity index (χ0v) is 13.9. The second-order valence-corrected chi connectivity index (χ2v) is 6.17. The molecule has 2 heterocycles. The summed E-state index contributed by atoms with van der Waals surface area (Å²) in [5.74, 6) is 0.763. The highest BCUT2D eigenvalue weighted by atomic mass is 16.1. The van der Waals surface area contributed by atoms with E-state index in [1.54, 1.807) is 4.57 Å². The molecule has 0 saturated heterocycles. The van der Waals surface area contributed by atoms with E-state index in [1.165, 1.54) is 16.5 Å². The number of fused-ring (bicyclic) bond motifs is 2. The minimum absolute atomic E-state index is 0.0401. The predicted octanol–water partition coefficient (Wildman–Crippen LogP) is 3.44. The summed E-state index contributed by atoms with van der Waals surface area (Å²) in [7, 11) is 2.06. The summed E-state index contributed by atoms with van der Waals surface area (Å²) in [6.07, 6.45) is 2.96. The second kappa shape index (κ2) is 5.64. The van der Waals surface area contributed by atoms with Gasteiger partial charge in [0.05, 0.1) is 10.9 Å². The highest BCUT2D eigenvalue weighted by Gasteiger charge is 2.10. The van der Waals surface area contributed by atoms with Crippen LogP contribution in [0.2, 0.25) is 0 Å². The Labute approximate surface area is 140 Å².